The topological polar surface area (TPSA) is 21.3 Å². The second kappa shape index (κ2) is 11.7. The van der Waals surface area contributed by atoms with Gasteiger partial charge in [0.05, 0.1) is 6.61 Å². The van der Waals surface area contributed by atoms with E-state index < -0.39 is 0 Å². The molecular weight excluding hydrogens is 218 g/mol. The van der Waals surface area contributed by atoms with Crippen molar-refractivity contribution in [2.24, 2.45) is 0 Å². The van der Waals surface area contributed by atoms with Crippen LogP contribution in [0.5, 0.6) is 0 Å². The molecule has 0 aliphatic heterocycles. The molecule has 0 saturated heterocycles. The number of thioether (sulfide) groups is 1. The molecule has 0 heterocycles. The zero-order valence-electron chi connectivity index (χ0n) is 11.4. The Labute approximate surface area is 106 Å². The summed E-state index contributed by atoms with van der Waals surface area (Å²) >= 11 is 2.05. The maximum absolute atomic E-state index is 5.63. The standard InChI is InChI=1S/C13H29NOS/c1-5-8-14-13(10-15-9-6-2)11-16-12(4)7-3/h12-14H,5-11H2,1-4H3. The van der Waals surface area contributed by atoms with Gasteiger partial charge in [-0.1, -0.05) is 27.7 Å². The van der Waals surface area contributed by atoms with Gasteiger partial charge in [0.1, 0.15) is 0 Å². The van der Waals surface area contributed by atoms with Gasteiger partial charge in [0, 0.05) is 23.7 Å². The molecule has 0 aromatic rings. The second-order valence-electron chi connectivity index (χ2n) is 4.28. The van der Waals surface area contributed by atoms with E-state index in [2.05, 4.69) is 44.8 Å². The molecule has 0 spiro atoms. The Hall–Kier alpha value is 0.270. The third-order valence-corrected chi connectivity index (χ3v) is 4.00. The van der Waals surface area contributed by atoms with E-state index in [0.717, 1.165) is 31.4 Å². The lowest BCUT2D eigenvalue weighted by Gasteiger charge is -2.20. The molecular formula is C13H29NOS. The minimum atomic E-state index is 0.519. The summed E-state index contributed by atoms with van der Waals surface area (Å²) in [7, 11) is 0. The molecule has 0 bridgehead atoms. The number of hydrogen-bond acceptors (Lipinski definition) is 3. The lowest BCUT2D eigenvalue weighted by atomic mass is 10.3. The molecule has 2 unspecified atom stereocenters. The van der Waals surface area contributed by atoms with E-state index in [9.17, 15) is 0 Å². The van der Waals surface area contributed by atoms with Crippen LogP contribution in [0, 0.1) is 0 Å². The van der Waals surface area contributed by atoms with Crippen LogP contribution < -0.4 is 5.32 Å². The Balaban J connectivity index is 3.70. The van der Waals surface area contributed by atoms with Gasteiger partial charge in [-0.3, -0.25) is 0 Å². The van der Waals surface area contributed by atoms with Gasteiger partial charge < -0.3 is 10.1 Å². The SMILES string of the molecule is CCCNC(COCCC)CSC(C)CC. The van der Waals surface area contributed by atoms with Crippen LogP contribution in [-0.2, 0) is 4.74 Å². The van der Waals surface area contributed by atoms with E-state index in [1.54, 1.807) is 0 Å². The predicted molar refractivity (Wildman–Crippen MR) is 75.4 cm³/mol. The molecule has 0 rings (SSSR count). The zero-order chi connectivity index (χ0) is 12.2. The Bertz CT molecular complexity index is 144. The highest BCUT2D eigenvalue weighted by Gasteiger charge is 2.09. The molecule has 0 radical (unpaired) electrons. The summed E-state index contributed by atoms with van der Waals surface area (Å²) in [6, 6.07) is 0.519. The highest BCUT2D eigenvalue weighted by atomic mass is 32.2. The van der Waals surface area contributed by atoms with Crippen molar-refractivity contribution in [1.29, 1.82) is 0 Å². The first-order chi connectivity index (χ1) is 7.74. The van der Waals surface area contributed by atoms with Gasteiger partial charge in [0.25, 0.3) is 0 Å². The number of ether oxygens (including phenoxy) is 1. The van der Waals surface area contributed by atoms with Crippen LogP contribution >= 0.6 is 11.8 Å². The van der Waals surface area contributed by atoms with Crippen LogP contribution in [0.4, 0.5) is 0 Å². The van der Waals surface area contributed by atoms with Crippen molar-refractivity contribution in [2.45, 2.75) is 58.2 Å². The average molecular weight is 247 g/mol. The van der Waals surface area contributed by atoms with Gasteiger partial charge >= 0.3 is 0 Å². The highest BCUT2D eigenvalue weighted by molar-refractivity contribution is 7.99. The Kier molecular flexibility index (Phi) is 11.9. The minimum Gasteiger partial charge on any atom is -0.380 e. The molecule has 2 atom stereocenters. The van der Waals surface area contributed by atoms with E-state index in [-0.39, 0.29) is 0 Å². The third-order valence-electron chi connectivity index (χ3n) is 2.51. The van der Waals surface area contributed by atoms with Crippen molar-refractivity contribution < 1.29 is 4.74 Å². The molecule has 98 valence electrons. The Morgan fingerprint density at radius 3 is 2.50 bits per heavy atom. The maximum atomic E-state index is 5.63. The van der Waals surface area contributed by atoms with Crippen LogP contribution in [0.25, 0.3) is 0 Å². The first-order valence-corrected chi connectivity index (χ1v) is 7.72. The normalized spacial score (nSPS) is 15.0. The molecule has 0 aromatic heterocycles. The molecule has 3 heteroatoms. The maximum Gasteiger partial charge on any atom is 0.0627 e. The molecule has 0 saturated carbocycles. The fourth-order valence-corrected chi connectivity index (χ4v) is 2.29. The molecule has 0 fully saturated rings. The van der Waals surface area contributed by atoms with E-state index >= 15 is 0 Å². The summed E-state index contributed by atoms with van der Waals surface area (Å²) in [6.45, 7) is 11.8. The van der Waals surface area contributed by atoms with Gasteiger partial charge in [-0.05, 0) is 25.8 Å². The van der Waals surface area contributed by atoms with Crippen LogP contribution in [0.15, 0.2) is 0 Å². The van der Waals surface area contributed by atoms with Crippen molar-refractivity contribution >= 4 is 11.8 Å². The highest BCUT2D eigenvalue weighted by Crippen LogP contribution is 2.14. The van der Waals surface area contributed by atoms with Crippen LogP contribution in [0.2, 0.25) is 0 Å². The van der Waals surface area contributed by atoms with Gasteiger partial charge in [0.15, 0.2) is 0 Å². The minimum absolute atomic E-state index is 0.519. The van der Waals surface area contributed by atoms with Crippen molar-refractivity contribution in [1.82, 2.24) is 5.32 Å². The molecule has 1 N–H and O–H groups in total. The number of hydrogen-bond donors (Lipinski definition) is 1. The van der Waals surface area contributed by atoms with Crippen molar-refractivity contribution in [2.75, 3.05) is 25.5 Å². The monoisotopic (exact) mass is 247 g/mol. The molecule has 16 heavy (non-hydrogen) atoms. The van der Waals surface area contributed by atoms with E-state index in [1.807, 2.05) is 0 Å². The van der Waals surface area contributed by atoms with Crippen molar-refractivity contribution in [3.8, 4) is 0 Å². The van der Waals surface area contributed by atoms with Crippen molar-refractivity contribution in [3.63, 3.8) is 0 Å². The quantitative estimate of drug-likeness (QED) is 0.566. The smallest absolute Gasteiger partial charge is 0.0627 e. The molecule has 2 nitrogen and oxygen atoms in total. The Morgan fingerprint density at radius 1 is 1.19 bits per heavy atom. The van der Waals surface area contributed by atoms with Gasteiger partial charge in [-0.15, -0.1) is 0 Å². The van der Waals surface area contributed by atoms with Crippen LogP contribution in [0.3, 0.4) is 0 Å². The third kappa shape index (κ3) is 9.49. The van der Waals surface area contributed by atoms with Gasteiger partial charge in [-0.2, -0.15) is 11.8 Å². The summed E-state index contributed by atoms with van der Waals surface area (Å²) in [4.78, 5) is 0. The van der Waals surface area contributed by atoms with E-state index in [4.69, 9.17) is 4.74 Å². The first kappa shape index (κ1) is 16.3. The molecule has 0 aromatic carbocycles. The summed E-state index contributed by atoms with van der Waals surface area (Å²) in [5.41, 5.74) is 0. The number of rotatable bonds is 11. The van der Waals surface area contributed by atoms with E-state index in [1.165, 1.54) is 18.6 Å². The van der Waals surface area contributed by atoms with Gasteiger partial charge in [-0.25, -0.2) is 0 Å². The van der Waals surface area contributed by atoms with E-state index in [0.29, 0.717) is 6.04 Å². The summed E-state index contributed by atoms with van der Waals surface area (Å²) in [5, 5.41) is 4.32. The summed E-state index contributed by atoms with van der Waals surface area (Å²) in [5.74, 6) is 1.17. The fourth-order valence-electron chi connectivity index (χ4n) is 1.28. The summed E-state index contributed by atoms with van der Waals surface area (Å²) in [6.07, 6.45) is 3.55. The summed E-state index contributed by atoms with van der Waals surface area (Å²) < 4.78 is 5.63. The zero-order valence-corrected chi connectivity index (χ0v) is 12.2. The molecule has 0 amide bonds. The fraction of sp³-hybridized carbons (Fsp3) is 1.00. The van der Waals surface area contributed by atoms with Crippen molar-refractivity contribution in [3.05, 3.63) is 0 Å². The molecule has 0 aliphatic rings. The lowest BCUT2D eigenvalue weighted by Crippen LogP contribution is -2.36. The van der Waals surface area contributed by atoms with Gasteiger partial charge in [0.2, 0.25) is 0 Å². The number of nitrogens with one attached hydrogen (secondary N) is 1. The lowest BCUT2D eigenvalue weighted by molar-refractivity contribution is 0.117. The predicted octanol–water partition coefficient (Wildman–Crippen LogP) is 3.31. The second-order valence-corrected chi connectivity index (χ2v) is 5.75. The van der Waals surface area contributed by atoms with Crippen LogP contribution in [-0.4, -0.2) is 36.8 Å². The van der Waals surface area contributed by atoms with Crippen LogP contribution in [0.1, 0.15) is 47.0 Å². The molecule has 0 aliphatic carbocycles. The largest absolute Gasteiger partial charge is 0.380 e. The first-order valence-electron chi connectivity index (χ1n) is 6.67. The Morgan fingerprint density at radius 2 is 1.94 bits per heavy atom. The average Bonchev–Trinajstić information content (AvgIpc) is 2.31.